The Labute approximate surface area is 165 Å². The van der Waals surface area contributed by atoms with Gasteiger partial charge in [-0.3, -0.25) is 4.79 Å². The van der Waals surface area contributed by atoms with Crippen molar-refractivity contribution >= 4 is 29.1 Å². The van der Waals surface area contributed by atoms with Crippen LogP contribution in [0, 0.1) is 0 Å². The number of unbranched alkanes of at least 4 members (excludes halogenated alkanes) is 2. The van der Waals surface area contributed by atoms with Crippen molar-refractivity contribution in [1.29, 1.82) is 0 Å². The summed E-state index contributed by atoms with van der Waals surface area (Å²) < 4.78 is 16.0. The molecule has 0 saturated heterocycles. The molecule has 0 spiro atoms. The Morgan fingerprint density at radius 2 is 1.63 bits per heavy atom. The van der Waals surface area contributed by atoms with Gasteiger partial charge in [-0.15, -0.1) is 0 Å². The normalized spacial score (nSPS) is 11.2. The smallest absolute Gasteiger partial charge is 0.379 e. The lowest BCUT2D eigenvalue weighted by Crippen LogP contribution is -2.15. The zero-order valence-corrected chi connectivity index (χ0v) is 16.8. The molecule has 150 valence electrons. The minimum atomic E-state index is -1.04. The van der Waals surface area contributed by atoms with Crippen molar-refractivity contribution in [3.63, 3.8) is 0 Å². The van der Waals surface area contributed by atoms with Crippen LogP contribution < -0.4 is 9.47 Å². The van der Waals surface area contributed by atoms with Crippen LogP contribution in [0.2, 0.25) is 5.02 Å². The first kappa shape index (κ1) is 22.8. The fraction of sp³-hybridized carbons (Fsp3) is 0.500. The van der Waals surface area contributed by atoms with E-state index in [1.165, 1.54) is 6.07 Å². The van der Waals surface area contributed by atoms with E-state index in [1.54, 1.807) is 13.0 Å². The standard InChI is InChI=1S/C20H27ClO6/c1-4-7-9-26-18-13-19(27-10-8-5-2)15(21)11-14(18)16(22)12-17(23)20(24)25-6-3/h11-13,22H,4-10H2,1-3H3. The molecule has 0 aliphatic carbocycles. The van der Waals surface area contributed by atoms with Crippen LogP contribution in [-0.4, -0.2) is 36.7 Å². The summed E-state index contributed by atoms with van der Waals surface area (Å²) in [5, 5.41) is 10.6. The van der Waals surface area contributed by atoms with E-state index < -0.39 is 17.5 Å². The first-order valence-corrected chi connectivity index (χ1v) is 9.53. The van der Waals surface area contributed by atoms with Gasteiger partial charge in [0.25, 0.3) is 5.78 Å². The third kappa shape index (κ3) is 7.51. The molecule has 0 aliphatic heterocycles. The van der Waals surface area contributed by atoms with Gasteiger partial charge in [0.05, 0.1) is 30.4 Å². The van der Waals surface area contributed by atoms with Crippen molar-refractivity contribution < 1.29 is 28.9 Å². The summed E-state index contributed by atoms with van der Waals surface area (Å²) in [5.41, 5.74) is 0.205. The molecule has 0 atom stereocenters. The van der Waals surface area contributed by atoms with E-state index in [2.05, 4.69) is 11.7 Å². The van der Waals surface area contributed by atoms with Crippen LogP contribution in [0.3, 0.4) is 0 Å². The maximum Gasteiger partial charge on any atom is 0.379 e. The molecule has 0 unspecified atom stereocenters. The van der Waals surface area contributed by atoms with Gasteiger partial charge in [-0.25, -0.2) is 4.79 Å². The topological polar surface area (TPSA) is 82.1 Å². The van der Waals surface area contributed by atoms with Crippen LogP contribution >= 0.6 is 11.6 Å². The van der Waals surface area contributed by atoms with Crippen LogP contribution in [0.4, 0.5) is 0 Å². The Balaban J connectivity index is 3.15. The highest BCUT2D eigenvalue weighted by molar-refractivity contribution is 6.39. The molecule has 1 rings (SSSR count). The number of esters is 1. The zero-order chi connectivity index (χ0) is 20.2. The maximum absolute atomic E-state index is 11.8. The highest BCUT2D eigenvalue weighted by Crippen LogP contribution is 2.36. The highest BCUT2D eigenvalue weighted by atomic mass is 35.5. The minimum Gasteiger partial charge on any atom is -0.507 e. The molecule has 0 radical (unpaired) electrons. The molecule has 1 aromatic rings. The van der Waals surface area contributed by atoms with Gasteiger partial charge >= 0.3 is 5.97 Å². The number of hydrogen-bond donors (Lipinski definition) is 1. The number of ketones is 1. The van der Waals surface area contributed by atoms with E-state index in [-0.39, 0.29) is 17.2 Å². The van der Waals surface area contributed by atoms with Crippen LogP contribution in [0.5, 0.6) is 11.5 Å². The number of rotatable bonds is 12. The second-order valence-corrected chi connectivity index (χ2v) is 6.20. The number of halogens is 1. The van der Waals surface area contributed by atoms with Gasteiger partial charge in [0, 0.05) is 12.1 Å². The number of benzene rings is 1. The summed E-state index contributed by atoms with van der Waals surface area (Å²) in [5.74, 6) is -1.67. The Hall–Kier alpha value is -2.21. The molecule has 6 nitrogen and oxygen atoms in total. The first-order chi connectivity index (χ1) is 12.9. The fourth-order valence-corrected chi connectivity index (χ4v) is 2.30. The fourth-order valence-electron chi connectivity index (χ4n) is 2.08. The number of ether oxygens (including phenoxy) is 3. The van der Waals surface area contributed by atoms with Gasteiger partial charge in [-0.05, 0) is 25.8 Å². The van der Waals surface area contributed by atoms with Crippen LogP contribution in [0.1, 0.15) is 52.0 Å². The number of aliphatic hydroxyl groups is 1. The van der Waals surface area contributed by atoms with Gasteiger partial charge in [0.2, 0.25) is 0 Å². The van der Waals surface area contributed by atoms with Crippen molar-refractivity contribution in [2.45, 2.75) is 46.5 Å². The SMILES string of the molecule is CCCCOc1cc(OCCCC)c(C(O)=CC(=O)C(=O)OCC)cc1Cl. The summed E-state index contributed by atoms with van der Waals surface area (Å²) in [4.78, 5) is 23.3. The average molecular weight is 399 g/mol. The largest absolute Gasteiger partial charge is 0.507 e. The summed E-state index contributed by atoms with van der Waals surface area (Å²) in [6, 6.07) is 3.04. The summed E-state index contributed by atoms with van der Waals surface area (Å²) in [6.45, 7) is 6.68. The molecular formula is C20H27ClO6. The lowest BCUT2D eigenvalue weighted by atomic mass is 10.1. The third-order valence-electron chi connectivity index (χ3n) is 3.57. The highest BCUT2D eigenvalue weighted by Gasteiger charge is 2.18. The molecule has 1 aromatic carbocycles. The quantitative estimate of drug-likeness (QED) is 0.180. The second-order valence-electron chi connectivity index (χ2n) is 5.80. The number of carbonyl (C=O) groups is 2. The van der Waals surface area contributed by atoms with E-state index in [1.807, 2.05) is 6.92 Å². The Bertz CT molecular complexity index is 669. The van der Waals surface area contributed by atoms with E-state index in [4.69, 9.17) is 21.1 Å². The first-order valence-electron chi connectivity index (χ1n) is 9.15. The lowest BCUT2D eigenvalue weighted by molar-refractivity contribution is -0.151. The molecule has 0 fully saturated rings. The molecule has 0 aliphatic rings. The predicted molar refractivity (Wildman–Crippen MR) is 105 cm³/mol. The van der Waals surface area contributed by atoms with E-state index in [9.17, 15) is 14.7 Å². The summed E-state index contributed by atoms with van der Waals surface area (Å²) in [6.07, 6.45) is 4.42. The molecule has 27 heavy (non-hydrogen) atoms. The molecule has 0 bridgehead atoms. The van der Waals surface area contributed by atoms with Crippen molar-refractivity contribution in [1.82, 2.24) is 0 Å². The van der Waals surface area contributed by atoms with E-state index in [0.717, 1.165) is 31.8 Å². The lowest BCUT2D eigenvalue weighted by Gasteiger charge is -2.15. The summed E-state index contributed by atoms with van der Waals surface area (Å²) >= 11 is 6.24. The van der Waals surface area contributed by atoms with Crippen LogP contribution in [0.25, 0.3) is 5.76 Å². The third-order valence-corrected chi connectivity index (χ3v) is 3.86. The molecule has 0 saturated carbocycles. The summed E-state index contributed by atoms with van der Waals surface area (Å²) in [7, 11) is 0. The average Bonchev–Trinajstić information content (AvgIpc) is 2.64. The molecular weight excluding hydrogens is 372 g/mol. The molecule has 0 amide bonds. The zero-order valence-electron chi connectivity index (χ0n) is 16.0. The van der Waals surface area contributed by atoms with Crippen LogP contribution in [-0.2, 0) is 14.3 Å². The molecule has 7 heteroatoms. The van der Waals surface area contributed by atoms with Crippen LogP contribution in [0.15, 0.2) is 18.2 Å². The van der Waals surface area contributed by atoms with Crippen molar-refractivity contribution in [3.05, 3.63) is 28.8 Å². The van der Waals surface area contributed by atoms with Gasteiger partial charge in [0.15, 0.2) is 0 Å². The van der Waals surface area contributed by atoms with E-state index >= 15 is 0 Å². The van der Waals surface area contributed by atoms with Gasteiger partial charge in [0.1, 0.15) is 17.3 Å². The van der Waals surface area contributed by atoms with Crippen molar-refractivity contribution in [2.24, 2.45) is 0 Å². The Kier molecular flexibility index (Phi) is 10.3. The van der Waals surface area contributed by atoms with Gasteiger partial charge < -0.3 is 19.3 Å². The second kappa shape index (κ2) is 12.2. The monoisotopic (exact) mass is 398 g/mol. The Morgan fingerprint density at radius 1 is 1.04 bits per heavy atom. The molecule has 0 heterocycles. The number of carbonyl (C=O) groups excluding carboxylic acids is 2. The molecule has 1 N–H and O–H groups in total. The maximum atomic E-state index is 11.8. The van der Waals surface area contributed by atoms with E-state index in [0.29, 0.717) is 24.7 Å². The number of hydrogen-bond acceptors (Lipinski definition) is 6. The van der Waals surface area contributed by atoms with Crippen molar-refractivity contribution in [3.8, 4) is 11.5 Å². The van der Waals surface area contributed by atoms with Gasteiger partial charge in [-0.1, -0.05) is 38.3 Å². The predicted octanol–water partition coefficient (Wildman–Crippen LogP) is 4.73. The minimum absolute atomic E-state index is 0.0696. The Morgan fingerprint density at radius 3 is 2.19 bits per heavy atom. The number of aliphatic hydroxyl groups excluding tert-OH is 1. The molecule has 0 aromatic heterocycles. The van der Waals surface area contributed by atoms with Gasteiger partial charge in [-0.2, -0.15) is 0 Å². The van der Waals surface area contributed by atoms with Crippen molar-refractivity contribution in [2.75, 3.05) is 19.8 Å².